The predicted molar refractivity (Wildman–Crippen MR) is 96.4 cm³/mol. The summed E-state index contributed by atoms with van der Waals surface area (Å²) < 4.78 is 41.8. The second-order valence-electron chi connectivity index (χ2n) is 6.11. The van der Waals surface area contributed by atoms with Crippen molar-refractivity contribution >= 4 is 33.3 Å². The molecule has 1 aromatic rings. The number of sulfonamides is 1. The molecule has 0 bridgehead atoms. The maximum atomic E-state index is 12.3. The number of nitrogens with one attached hydrogen (secondary N) is 1. The monoisotopic (exact) mass is 396 g/mol. The second-order valence-corrected chi connectivity index (χ2v) is 8.07. The summed E-state index contributed by atoms with van der Waals surface area (Å²) >= 11 is 0. The maximum absolute atomic E-state index is 12.3. The predicted octanol–water partition coefficient (Wildman–Crippen LogP) is 0.985. The molecule has 1 aliphatic heterocycles. The molecule has 0 unspecified atom stereocenters. The first-order chi connectivity index (χ1) is 12.9. The minimum atomic E-state index is -3.43. The molecule has 2 aliphatic rings. The molecular weight excluding hydrogens is 376 g/mol. The molecule has 1 fully saturated rings. The Morgan fingerprint density at radius 3 is 2.52 bits per heavy atom. The van der Waals surface area contributed by atoms with E-state index in [0.717, 1.165) is 0 Å². The van der Waals surface area contributed by atoms with E-state index >= 15 is 0 Å². The third-order valence-corrected chi connectivity index (χ3v) is 6.08. The van der Waals surface area contributed by atoms with Gasteiger partial charge in [-0.1, -0.05) is 6.07 Å². The van der Waals surface area contributed by atoms with Gasteiger partial charge >= 0.3 is 11.9 Å². The van der Waals surface area contributed by atoms with Gasteiger partial charge in [-0.05, 0) is 31.0 Å². The third kappa shape index (κ3) is 4.06. The van der Waals surface area contributed by atoms with Gasteiger partial charge in [-0.25, -0.2) is 18.0 Å². The fraction of sp³-hybridized carbons (Fsp3) is 0.412. The van der Waals surface area contributed by atoms with E-state index in [1.807, 2.05) is 0 Å². The maximum Gasteiger partial charge on any atom is 0.355 e. The van der Waals surface area contributed by atoms with Gasteiger partial charge in [-0.2, -0.15) is 0 Å². The van der Waals surface area contributed by atoms with Crippen molar-refractivity contribution in [3.8, 4) is 0 Å². The van der Waals surface area contributed by atoms with Gasteiger partial charge in [0.05, 0.1) is 37.3 Å². The fourth-order valence-electron chi connectivity index (χ4n) is 2.71. The van der Waals surface area contributed by atoms with Crippen molar-refractivity contribution in [2.24, 2.45) is 0 Å². The van der Waals surface area contributed by atoms with Gasteiger partial charge in [-0.15, -0.1) is 0 Å². The lowest BCUT2D eigenvalue weighted by molar-refractivity contribution is -0.140. The van der Waals surface area contributed by atoms with E-state index in [2.05, 4.69) is 4.72 Å². The average molecular weight is 396 g/mol. The number of carbonyl (C=O) groups is 2. The standard InChI is InChI=1S/C17H20N2O7S/c1-24-16(20)14-9-26-10-19(15(14)17(21)25-2)12-5-3-4-11(8-12)18-27(22,23)13-6-7-13/h3-5,8,13,18H,6-7,9-10H2,1-2H3. The summed E-state index contributed by atoms with van der Waals surface area (Å²) in [6, 6.07) is 6.48. The van der Waals surface area contributed by atoms with Gasteiger partial charge in [0.2, 0.25) is 10.0 Å². The van der Waals surface area contributed by atoms with E-state index in [1.165, 1.54) is 19.1 Å². The first-order valence-electron chi connectivity index (χ1n) is 8.24. The highest BCUT2D eigenvalue weighted by atomic mass is 32.2. The number of carbonyl (C=O) groups excluding carboxylic acids is 2. The van der Waals surface area contributed by atoms with Crippen LogP contribution >= 0.6 is 0 Å². The molecule has 0 aromatic heterocycles. The lowest BCUT2D eigenvalue weighted by atomic mass is 10.1. The fourth-order valence-corrected chi connectivity index (χ4v) is 4.09. The van der Waals surface area contributed by atoms with Crippen molar-refractivity contribution in [2.45, 2.75) is 18.1 Å². The molecule has 0 radical (unpaired) electrons. The van der Waals surface area contributed by atoms with Crippen LogP contribution in [-0.2, 0) is 33.8 Å². The molecule has 146 valence electrons. The molecule has 1 N–H and O–H groups in total. The van der Waals surface area contributed by atoms with E-state index < -0.39 is 22.0 Å². The van der Waals surface area contributed by atoms with Gasteiger partial charge in [0.25, 0.3) is 0 Å². The third-order valence-electron chi connectivity index (χ3n) is 4.21. The number of rotatable bonds is 6. The lowest BCUT2D eigenvalue weighted by Gasteiger charge is -2.31. The van der Waals surface area contributed by atoms with Crippen molar-refractivity contribution in [1.82, 2.24) is 0 Å². The molecule has 10 heteroatoms. The Hall–Kier alpha value is -2.59. The Kier molecular flexibility index (Phi) is 5.38. The Morgan fingerprint density at radius 1 is 1.19 bits per heavy atom. The zero-order valence-corrected chi connectivity index (χ0v) is 15.7. The van der Waals surface area contributed by atoms with Gasteiger partial charge < -0.3 is 19.1 Å². The van der Waals surface area contributed by atoms with E-state index in [1.54, 1.807) is 24.3 Å². The van der Waals surface area contributed by atoms with Crippen LogP contribution in [0.5, 0.6) is 0 Å². The Labute approximate surface area is 156 Å². The molecule has 0 atom stereocenters. The molecular formula is C17H20N2O7S. The molecule has 9 nitrogen and oxygen atoms in total. The van der Waals surface area contributed by atoms with Crippen molar-refractivity contribution in [2.75, 3.05) is 37.2 Å². The minimum absolute atomic E-state index is 0.00204. The quantitative estimate of drug-likeness (QED) is 0.709. The Bertz CT molecular complexity index is 890. The number of methoxy groups -OCH3 is 2. The van der Waals surface area contributed by atoms with Crippen molar-refractivity contribution in [3.05, 3.63) is 35.5 Å². The van der Waals surface area contributed by atoms with Gasteiger partial charge in [-0.3, -0.25) is 4.72 Å². The zero-order chi connectivity index (χ0) is 19.6. The average Bonchev–Trinajstić information content (AvgIpc) is 3.52. The summed E-state index contributed by atoms with van der Waals surface area (Å²) in [6.07, 6.45) is 1.29. The van der Waals surface area contributed by atoms with Crippen molar-refractivity contribution in [1.29, 1.82) is 0 Å². The van der Waals surface area contributed by atoms with E-state index in [0.29, 0.717) is 24.2 Å². The van der Waals surface area contributed by atoms with Crippen LogP contribution in [0, 0.1) is 0 Å². The molecule has 3 rings (SSSR count). The highest BCUT2D eigenvalue weighted by molar-refractivity contribution is 7.93. The van der Waals surface area contributed by atoms with E-state index in [9.17, 15) is 18.0 Å². The first-order valence-corrected chi connectivity index (χ1v) is 9.78. The Balaban J connectivity index is 1.97. The highest BCUT2D eigenvalue weighted by Crippen LogP contribution is 2.32. The van der Waals surface area contributed by atoms with Crippen molar-refractivity contribution < 1.29 is 32.2 Å². The van der Waals surface area contributed by atoms with Crippen LogP contribution in [0.15, 0.2) is 35.5 Å². The summed E-state index contributed by atoms with van der Waals surface area (Å²) in [6.45, 7) is -0.106. The molecule has 1 heterocycles. The highest BCUT2D eigenvalue weighted by Gasteiger charge is 2.36. The summed E-state index contributed by atoms with van der Waals surface area (Å²) in [5, 5.41) is -0.365. The molecule has 1 aromatic carbocycles. The lowest BCUT2D eigenvalue weighted by Crippen LogP contribution is -2.38. The number of hydrogen-bond acceptors (Lipinski definition) is 8. The number of ether oxygens (including phenoxy) is 3. The van der Waals surface area contributed by atoms with Gasteiger partial charge in [0.15, 0.2) is 0 Å². The largest absolute Gasteiger partial charge is 0.466 e. The summed E-state index contributed by atoms with van der Waals surface area (Å²) in [7, 11) is -1.02. The van der Waals surface area contributed by atoms with Crippen LogP contribution in [-0.4, -0.2) is 53.2 Å². The molecule has 0 saturated heterocycles. The number of benzene rings is 1. The second kappa shape index (κ2) is 7.57. The number of anilines is 2. The van der Waals surface area contributed by atoms with Crippen LogP contribution in [0.3, 0.4) is 0 Å². The smallest absolute Gasteiger partial charge is 0.355 e. The van der Waals surface area contributed by atoms with E-state index in [4.69, 9.17) is 14.2 Å². The van der Waals surface area contributed by atoms with Crippen LogP contribution < -0.4 is 9.62 Å². The first kappa shape index (κ1) is 19.2. The van der Waals surface area contributed by atoms with Crippen molar-refractivity contribution in [3.63, 3.8) is 0 Å². The molecule has 1 saturated carbocycles. The van der Waals surface area contributed by atoms with Crippen LogP contribution in [0.25, 0.3) is 0 Å². The molecule has 27 heavy (non-hydrogen) atoms. The SMILES string of the molecule is COC(=O)C1=C(C(=O)OC)N(c2cccc(NS(=O)(=O)C3CC3)c2)COC1. The summed E-state index contributed by atoms with van der Waals surface area (Å²) in [4.78, 5) is 25.8. The normalized spacial score (nSPS) is 17.5. The Morgan fingerprint density at radius 2 is 1.89 bits per heavy atom. The molecule has 0 amide bonds. The summed E-state index contributed by atoms with van der Waals surface area (Å²) in [5.41, 5.74) is 0.846. The minimum Gasteiger partial charge on any atom is -0.466 e. The molecule has 0 spiro atoms. The zero-order valence-electron chi connectivity index (χ0n) is 14.9. The van der Waals surface area contributed by atoms with E-state index in [-0.39, 0.29) is 29.9 Å². The topological polar surface area (TPSA) is 111 Å². The number of nitrogens with zero attached hydrogens (tertiary/aromatic N) is 1. The van der Waals surface area contributed by atoms with Crippen LogP contribution in [0.1, 0.15) is 12.8 Å². The van der Waals surface area contributed by atoms with Crippen LogP contribution in [0.4, 0.5) is 11.4 Å². The molecule has 1 aliphatic carbocycles. The van der Waals surface area contributed by atoms with Gasteiger partial charge in [0, 0.05) is 5.69 Å². The number of esters is 2. The number of hydrogen-bond donors (Lipinski definition) is 1. The van der Waals surface area contributed by atoms with Crippen LogP contribution in [0.2, 0.25) is 0 Å². The summed E-state index contributed by atoms with van der Waals surface area (Å²) in [5.74, 6) is -1.42. The van der Waals surface area contributed by atoms with Gasteiger partial charge in [0.1, 0.15) is 12.4 Å².